The summed E-state index contributed by atoms with van der Waals surface area (Å²) in [5, 5.41) is 0. The molecule has 0 saturated heterocycles. The maximum atomic E-state index is 11.7. The van der Waals surface area contributed by atoms with Gasteiger partial charge in [0.2, 0.25) is 5.51 Å². The van der Waals surface area contributed by atoms with E-state index in [-0.39, 0.29) is 19.0 Å². The van der Waals surface area contributed by atoms with E-state index in [1.807, 2.05) is 17.0 Å². The number of nitrogen functional groups attached to an aromatic ring is 1. The minimum Gasteiger partial charge on any atom is -1.00 e. The summed E-state index contributed by atoms with van der Waals surface area (Å²) in [5.74, 6) is 0.952. The summed E-state index contributed by atoms with van der Waals surface area (Å²) in [4.78, 5) is 54.3. The van der Waals surface area contributed by atoms with Gasteiger partial charge in [0.1, 0.15) is 17.7 Å². The summed E-state index contributed by atoms with van der Waals surface area (Å²) in [6, 6.07) is 0. The largest absolute Gasteiger partial charge is 1.00 e. The van der Waals surface area contributed by atoms with Crippen LogP contribution in [0.1, 0.15) is 22.0 Å². The van der Waals surface area contributed by atoms with Crippen LogP contribution in [0, 0.1) is 13.8 Å². The average molecular weight is 599 g/mol. The Bertz CT molecular complexity index is 1140. The van der Waals surface area contributed by atoms with Crippen LogP contribution in [0.25, 0.3) is 0 Å². The third-order valence-electron chi connectivity index (χ3n) is 4.23. The van der Waals surface area contributed by atoms with Crippen LogP contribution >= 0.6 is 34.6 Å². The molecule has 2 aromatic heterocycles. The number of thiazole rings is 1. The number of anilines is 1. The molecule has 0 spiro atoms. The number of nitrogens with zero attached hydrogens (tertiary/aromatic N) is 3. The van der Waals surface area contributed by atoms with Crippen LogP contribution in [-0.2, 0) is 40.2 Å². The van der Waals surface area contributed by atoms with Gasteiger partial charge >= 0.3 is 23.2 Å². The lowest BCUT2D eigenvalue weighted by Gasteiger charge is -2.21. The van der Waals surface area contributed by atoms with Crippen LogP contribution in [-0.4, -0.2) is 59.9 Å². The number of halogens is 1. The van der Waals surface area contributed by atoms with Crippen LogP contribution in [0.15, 0.2) is 11.7 Å². The summed E-state index contributed by atoms with van der Waals surface area (Å²) in [6.07, 6.45) is -0.633. The highest BCUT2D eigenvalue weighted by molar-refractivity contribution is 7.60. The van der Waals surface area contributed by atoms with Gasteiger partial charge in [0, 0.05) is 19.5 Å². The number of rotatable bonds is 13. The second-order valence-corrected chi connectivity index (χ2v) is 12.5. The van der Waals surface area contributed by atoms with E-state index in [1.165, 1.54) is 11.3 Å². The van der Waals surface area contributed by atoms with Crippen molar-refractivity contribution in [3.63, 3.8) is 0 Å². The quantitative estimate of drug-likeness (QED) is 0.0788. The summed E-state index contributed by atoms with van der Waals surface area (Å²) in [6.45, 7) is 3.60. The average Bonchev–Trinajstić information content (AvgIpc) is 2.97. The van der Waals surface area contributed by atoms with Crippen LogP contribution in [0.3, 0.4) is 0 Å². The summed E-state index contributed by atoms with van der Waals surface area (Å²) < 4.78 is 49.2. The molecule has 0 fully saturated rings. The molecule has 0 aromatic carbocycles. The predicted octanol–water partition coefficient (Wildman–Crippen LogP) is -2.59. The van der Waals surface area contributed by atoms with E-state index in [0.717, 1.165) is 16.1 Å². The lowest BCUT2D eigenvalue weighted by molar-refractivity contribution is -0.689. The maximum Gasteiger partial charge on any atom is 0.481 e. The summed E-state index contributed by atoms with van der Waals surface area (Å²) in [7, 11) is -15.4. The van der Waals surface area contributed by atoms with Crippen molar-refractivity contribution in [3.05, 3.63) is 33.7 Å². The first-order chi connectivity index (χ1) is 15.5. The monoisotopic (exact) mass is 598 g/mol. The third kappa shape index (κ3) is 11.8. The summed E-state index contributed by atoms with van der Waals surface area (Å²) >= 11 is 1.44. The smallest absolute Gasteiger partial charge is 0.481 e. The highest BCUT2D eigenvalue weighted by Gasteiger charge is 2.37. The highest BCUT2D eigenvalue weighted by Crippen LogP contribution is 2.58. The first-order valence-electron chi connectivity index (χ1n) is 9.49. The zero-order valence-electron chi connectivity index (χ0n) is 18.5. The number of aryl methyl sites for hydroxylation is 1. The molecular weight excluding hydrogens is 573 g/mol. The van der Waals surface area contributed by atoms with E-state index in [0.29, 0.717) is 24.6 Å². The molecule has 0 saturated carbocycles. The Morgan fingerprint density at radius 1 is 1.17 bits per heavy atom. The van der Waals surface area contributed by atoms with Crippen molar-refractivity contribution in [2.45, 2.75) is 32.9 Å². The number of phosphoric acid groups is 2. The molecule has 2 aromatic rings. The Morgan fingerprint density at radius 3 is 2.40 bits per heavy atom. The van der Waals surface area contributed by atoms with Gasteiger partial charge in [0.15, 0.2) is 12.2 Å². The van der Waals surface area contributed by atoms with Crippen molar-refractivity contribution in [3.8, 4) is 0 Å². The molecule has 2 rings (SSSR count). The lowest BCUT2D eigenvalue weighted by atomic mass is 10.2. The second kappa shape index (κ2) is 13.1. The van der Waals surface area contributed by atoms with Crippen LogP contribution in [0.5, 0.6) is 0 Å². The van der Waals surface area contributed by atoms with E-state index >= 15 is 0 Å². The molecule has 2 unspecified atom stereocenters. The molecule has 0 bridgehead atoms. The van der Waals surface area contributed by atoms with Crippen molar-refractivity contribution in [2.24, 2.45) is 0 Å². The van der Waals surface area contributed by atoms with Gasteiger partial charge in [-0.25, -0.2) is 19.1 Å². The van der Waals surface area contributed by atoms with Crippen LogP contribution in [0.2, 0.25) is 0 Å². The Balaban J connectivity index is 0.00000612. The van der Waals surface area contributed by atoms with E-state index in [2.05, 4.69) is 18.8 Å². The van der Waals surface area contributed by atoms with Gasteiger partial charge in [-0.1, -0.05) is 11.3 Å². The Morgan fingerprint density at radius 2 is 1.83 bits per heavy atom. The number of hydrogen-bond acceptors (Lipinski definition) is 10. The molecule has 35 heavy (non-hydrogen) atoms. The minimum absolute atomic E-state index is 0. The normalized spacial score (nSPS) is 14.8. The van der Waals surface area contributed by atoms with Crippen molar-refractivity contribution in [1.82, 2.24) is 9.97 Å². The maximum absolute atomic E-state index is 11.7. The number of hydrogen-bond donors (Lipinski definition) is 6. The number of ether oxygens (including phenoxy) is 1. The fourth-order valence-electron chi connectivity index (χ4n) is 2.77. The highest BCUT2D eigenvalue weighted by atomic mass is 35.5. The standard InChI is InChI=1S/C15H25N4O11P3S.ClH/c1-10-14(34-9-19(10)6-12-5-17-11(2)18-15(12)16)3-4-28-7-13(8-31(20,21)22)29-33(26,27)30-32(23,24)25;/h5,9,13H,3-4,6-8H2,1-2H3,(H6-,16,17,18,20,21,22,23,24,25,26,27);1H. The molecule has 200 valence electrons. The molecule has 0 amide bonds. The molecule has 0 aliphatic heterocycles. The molecule has 7 N–H and O–H groups in total. The second-order valence-electron chi connectivity index (χ2n) is 7.13. The Labute approximate surface area is 210 Å². The topological polar surface area (TPSA) is 236 Å². The van der Waals surface area contributed by atoms with Gasteiger partial charge in [0.05, 0.1) is 29.8 Å². The fourth-order valence-corrected chi connectivity index (χ4v) is 6.31. The van der Waals surface area contributed by atoms with Gasteiger partial charge in [0.25, 0.3) is 0 Å². The third-order valence-corrected chi connectivity index (χ3v) is 8.49. The lowest BCUT2D eigenvalue weighted by Crippen LogP contribution is -3.00. The molecule has 0 radical (unpaired) electrons. The van der Waals surface area contributed by atoms with Crippen molar-refractivity contribution < 1.29 is 68.7 Å². The molecular formula is C15H26ClN4O11P3S. The Kier molecular flexibility index (Phi) is 12.1. The molecule has 0 aliphatic carbocycles. The van der Waals surface area contributed by atoms with Crippen molar-refractivity contribution in [1.29, 1.82) is 0 Å². The molecule has 0 aliphatic rings. The first kappa shape index (κ1) is 32.2. The SMILES string of the molecule is Cc1ncc(C[n+]2csc(CCOCC(CP(=O)(O)O)OP(=O)(O)OP(=O)(O)O)c2C)c(N)n1.[Cl-]. The zero-order valence-corrected chi connectivity index (χ0v) is 22.8. The summed E-state index contributed by atoms with van der Waals surface area (Å²) in [5.41, 5.74) is 9.49. The zero-order chi connectivity index (χ0) is 25.7. The molecule has 2 heterocycles. The van der Waals surface area contributed by atoms with Gasteiger partial charge < -0.3 is 47.3 Å². The number of aromatic nitrogens is 3. The van der Waals surface area contributed by atoms with Gasteiger partial charge in [-0.05, 0) is 6.92 Å². The van der Waals surface area contributed by atoms with Gasteiger partial charge in [-0.3, -0.25) is 9.09 Å². The first-order valence-corrected chi connectivity index (χ1v) is 15.2. The minimum atomic E-state index is -5.39. The Hall–Kier alpha value is -0.830. The predicted molar refractivity (Wildman–Crippen MR) is 119 cm³/mol. The molecule has 15 nitrogen and oxygen atoms in total. The molecule has 20 heteroatoms. The van der Waals surface area contributed by atoms with Crippen LogP contribution < -0.4 is 22.7 Å². The van der Waals surface area contributed by atoms with E-state index in [4.69, 9.17) is 30.0 Å². The number of phosphoric ester groups is 1. The van der Waals surface area contributed by atoms with Crippen molar-refractivity contribution in [2.75, 3.05) is 25.1 Å². The van der Waals surface area contributed by atoms with E-state index in [9.17, 15) is 18.6 Å². The number of nitrogens with two attached hydrogens (primary N) is 1. The molecule has 2 atom stereocenters. The van der Waals surface area contributed by atoms with E-state index < -0.39 is 42.1 Å². The van der Waals surface area contributed by atoms with E-state index in [1.54, 1.807) is 13.1 Å². The van der Waals surface area contributed by atoms with Gasteiger partial charge in [-0.2, -0.15) is 8.88 Å². The van der Waals surface area contributed by atoms with Crippen LogP contribution in [0.4, 0.5) is 5.82 Å². The fraction of sp³-hybridized carbons (Fsp3) is 0.533. The van der Waals surface area contributed by atoms with Crippen molar-refractivity contribution >= 4 is 40.4 Å². The van der Waals surface area contributed by atoms with Gasteiger partial charge in [-0.15, -0.1) is 0 Å².